The summed E-state index contributed by atoms with van der Waals surface area (Å²) < 4.78 is 4.81. The number of fused-ring (bicyclic) bond motifs is 3. The van der Waals surface area contributed by atoms with E-state index < -0.39 is 0 Å². The highest BCUT2D eigenvalue weighted by Crippen LogP contribution is 2.35. The Morgan fingerprint density at radius 2 is 2.18 bits per heavy atom. The van der Waals surface area contributed by atoms with E-state index >= 15 is 0 Å². The van der Waals surface area contributed by atoms with Crippen molar-refractivity contribution in [1.29, 1.82) is 0 Å². The van der Waals surface area contributed by atoms with Gasteiger partial charge in [-0.1, -0.05) is 19.1 Å². The fourth-order valence-electron chi connectivity index (χ4n) is 2.40. The SMILES string of the molecule is CCc1c2sc3cccc(C)c3c2nc[n+]1C. The third-order valence-corrected chi connectivity index (χ3v) is 4.47. The van der Waals surface area contributed by atoms with Gasteiger partial charge in [-0.25, -0.2) is 4.57 Å². The van der Waals surface area contributed by atoms with Crippen LogP contribution in [0.2, 0.25) is 0 Å². The first-order valence-corrected chi connectivity index (χ1v) is 6.69. The van der Waals surface area contributed by atoms with E-state index in [0.717, 1.165) is 11.9 Å². The van der Waals surface area contributed by atoms with E-state index in [1.54, 1.807) is 0 Å². The molecule has 2 nitrogen and oxygen atoms in total. The first-order valence-electron chi connectivity index (χ1n) is 5.87. The molecule has 2 heterocycles. The Hall–Kier alpha value is -1.48. The van der Waals surface area contributed by atoms with E-state index in [9.17, 15) is 0 Å². The second kappa shape index (κ2) is 3.77. The molecule has 0 radical (unpaired) electrons. The van der Waals surface area contributed by atoms with Crippen LogP contribution in [0, 0.1) is 6.92 Å². The molecule has 0 aliphatic rings. The number of rotatable bonds is 1. The van der Waals surface area contributed by atoms with Crippen LogP contribution in [0.5, 0.6) is 0 Å². The first kappa shape index (κ1) is 10.7. The minimum Gasteiger partial charge on any atom is -0.236 e. The molecule has 3 aromatic rings. The molecule has 0 aliphatic heterocycles. The molecule has 0 spiro atoms. The summed E-state index contributed by atoms with van der Waals surface area (Å²) in [5, 5.41) is 1.32. The molecular formula is C14H15N2S+. The minimum absolute atomic E-state index is 1.04. The van der Waals surface area contributed by atoms with Crippen molar-refractivity contribution in [1.82, 2.24) is 4.98 Å². The van der Waals surface area contributed by atoms with E-state index in [1.165, 1.54) is 26.0 Å². The normalized spacial score (nSPS) is 11.5. The van der Waals surface area contributed by atoms with Crippen molar-refractivity contribution in [3.05, 3.63) is 35.8 Å². The molecule has 3 rings (SSSR count). The molecule has 0 amide bonds. The van der Waals surface area contributed by atoms with Gasteiger partial charge in [-0.05, 0) is 23.5 Å². The molecule has 0 saturated heterocycles. The van der Waals surface area contributed by atoms with Crippen LogP contribution in [-0.2, 0) is 13.5 Å². The third kappa shape index (κ3) is 1.46. The quantitative estimate of drug-likeness (QED) is 0.600. The highest BCUT2D eigenvalue weighted by Gasteiger charge is 2.18. The largest absolute Gasteiger partial charge is 0.286 e. The van der Waals surface area contributed by atoms with Gasteiger partial charge in [0.25, 0.3) is 6.33 Å². The first-order chi connectivity index (χ1) is 8.22. The molecule has 3 heteroatoms. The Labute approximate surface area is 105 Å². The molecule has 0 atom stereocenters. The lowest BCUT2D eigenvalue weighted by atomic mass is 10.1. The fourth-order valence-corrected chi connectivity index (χ4v) is 3.79. The number of benzene rings is 1. The van der Waals surface area contributed by atoms with Crippen LogP contribution in [0.25, 0.3) is 20.3 Å². The molecule has 0 bridgehead atoms. The van der Waals surface area contributed by atoms with Gasteiger partial charge in [0.1, 0.15) is 10.4 Å². The zero-order valence-electron chi connectivity index (χ0n) is 10.3. The van der Waals surface area contributed by atoms with Gasteiger partial charge in [0, 0.05) is 16.5 Å². The summed E-state index contributed by atoms with van der Waals surface area (Å²) in [6.45, 7) is 4.36. The van der Waals surface area contributed by atoms with Gasteiger partial charge in [0.2, 0.25) is 5.52 Å². The van der Waals surface area contributed by atoms with Gasteiger partial charge in [0.05, 0.1) is 7.05 Å². The molecule has 0 saturated carbocycles. The predicted octanol–water partition coefficient (Wildman–Crippen LogP) is 3.14. The van der Waals surface area contributed by atoms with E-state index in [4.69, 9.17) is 0 Å². The van der Waals surface area contributed by atoms with Crippen molar-refractivity contribution in [3.8, 4) is 0 Å². The maximum atomic E-state index is 4.61. The van der Waals surface area contributed by atoms with Gasteiger partial charge < -0.3 is 0 Å². The third-order valence-electron chi connectivity index (χ3n) is 3.28. The van der Waals surface area contributed by atoms with Gasteiger partial charge >= 0.3 is 0 Å². The highest BCUT2D eigenvalue weighted by molar-refractivity contribution is 7.25. The number of hydrogen-bond acceptors (Lipinski definition) is 2. The number of thiophene rings is 1. The lowest BCUT2D eigenvalue weighted by Gasteiger charge is -1.98. The van der Waals surface area contributed by atoms with Crippen molar-refractivity contribution in [2.75, 3.05) is 0 Å². The van der Waals surface area contributed by atoms with E-state index in [2.05, 4.69) is 48.6 Å². The van der Waals surface area contributed by atoms with Crippen LogP contribution in [0.4, 0.5) is 0 Å². The Balaban J connectivity index is 2.56. The average molecular weight is 243 g/mol. The predicted molar refractivity (Wildman–Crippen MR) is 72.4 cm³/mol. The molecule has 1 aromatic carbocycles. The van der Waals surface area contributed by atoms with Crippen molar-refractivity contribution in [2.24, 2.45) is 7.05 Å². The van der Waals surface area contributed by atoms with Crippen LogP contribution in [-0.4, -0.2) is 4.98 Å². The molecule has 2 aromatic heterocycles. The van der Waals surface area contributed by atoms with Gasteiger partial charge in [-0.3, -0.25) is 0 Å². The molecule has 86 valence electrons. The molecule has 0 N–H and O–H groups in total. The summed E-state index contributed by atoms with van der Waals surface area (Å²) in [4.78, 5) is 4.61. The van der Waals surface area contributed by atoms with E-state index in [1.807, 2.05) is 17.7 Å². The number of aromatic nitrogens is 2. The molecule has 0 unspecified atom stereocenters. The standard InChI is InChI=1S/C14H15N2S/c1-4-10-14-13(15-8-16(10)3)12-9(2)6-5-7-11(12)17-14/h5-8H,4H2,1-3H3/q+1. The second-order valence-electron chi connectivity index (χ2n) is 4.38. The molecule has 0 aliphatic carbocycles. The van der Waals surface area contributed by atoms with Crippen LogP contribution in [0.3, 0.4) is 0 Å². The summed E-state index contributed by atoms with van der Waals surface area (Å²) in [5.74, 6) is 0. The Morgan fingerprint density at radius 1 is 1.35 bits per heavy atom. The summed E-state index contributed by atoms with van der Waals surface area (Å²) in [7, 11) is 2.07. The average Bonchev–Trinajstić information content (AvgIpc) is 2.68. The number of hydrogen-bond donors (Lipinski definition) is 0. The zero-order chi connectivity index (χ0) is 12.0. The lowest BCUT2D eigenvalue weighted by molar-refractivity contribution is -0.680. The lowest BCUT2D eigenvalue weighted by Crippen LogP contribution is -2.33. The van der Waals surface area contributed by atoms with E-state index in [-0.39, 0.29) is 0 Å². The van der Waals surface area contributed by atoms with Gasteiger partial charge in [-0.15, -0.1) is 11.3 Å². The summed E-state index contributed by atoms with van der Waals surface area (Å²) in [5.41, 5.74) is 3.85. The molecule has 17 heavy (non-hydrogen) atoms. The molecular weight excluding hydrogens is 228 g/mol. The van der Waals surface area contributed by atoms with Gasteiger partial charge in [0.15, 0.2) is 0 Å². The summed E-state index contributed by atoms with van der Waals surface area (Å²) in [6, 6.07) is 6.47. The van der Waals surface area contributed by atoms with Crippen molar-refractivity contribution in [3.63, 3.8) is 0 Å². The second-order valence-corrected chi connectivity index (χ2v) is 5.44. The highest BCUT2D eigenvalue weighted by atomic mass is 32.1. The van der Waals surface area contributed by atoms with Crippen LogP contribution >= 0.6 is 11.3 Å². The van der Waals surface area contributed by atoms with Crippen LogP contribution < -0.4 is 4.57 Å². The zero-order valence-corrected chi connectivity index (χ0v) is 11.1. The van der Waals surface area contributed by atoms with Gasteiger partial charge in [-0.2, -0.15) is 0 Å². The number of nitrogens with zero attached hydrogens (tertiary/aromatic N) is 2. The van der Waals surface area contributed by atoms with Crippen LogP contribution in [0.1, 0.15) is 18.2 Å². The smallest absolute Gasteiger partial charge is 0.236 e. The van der Waals surface area contributed by atoms with Crippen molar-refractivity contribution in [2.45, 2.75) is 20.3 Å². The number of aryl methyl sites for hydroxylation is 3. The fraction of sp³-hybridized carbons (Fsp3) is 0.286. The van der Waals surface area contributed by atoms with Crippen molar-refractivity contribution >= 4 is 31.6 Å². The van der Waals surface area contributed by atoms with E-state index in [0.29, 0.717) is 0 Å². The monoisotopic (exact) mass is 243 g/mol. The van der Waals surface area contributed by atoms with Crippen LogP contribution in [0.15, 0.2) is 24.5 Å². The maximum absolute atomic E-state index is 4.61. The molecule has 0 fully saturated rings. The summed E-state index contributed by atoms with van der Waals surface area (Å²) in [6.07, 6.45) is 2.97. The van der Waals surface area contributed by atoms with Crippen molar-refractivity contribution < 1.29 is 4.57 Å². The maximum Gasteiger partial charge on any atom is 0.286 e. The summed E-state index contributed by atoms with van der Waals surface area (Å²) >= 11 is 1.86. The Bertz CT molecular complexity index is 713. The Morgan fingerprint density at radius 3 is 2.94 bits per heavy atom. The topological polar surface area (TPSA) is 16.8 Å². The Kier molecular flexibility index (Phi) is 2.37. The minimum atomic E-state index is 1.04.